The van der Waals surface area contributed by atoms with Crippen LogP contribution in [0.4, 0.5) is 13.2 Å². The standard InChI is InChI=1S/C14H18F3N5O2/c1-8-13(9(2)20-19-8)10-7-23-4-3-22(10)6-12-18-11(21-24-12)5-14(15,16)17/h10H,3-7H2,1-2H3,(H,19,20). The van der Waals surface area contributed by atoms with Gasteiger partial charge in [0.1, 0.15) is 6.42 Å². The highest BCUT2D eigenvalue weighted by atomic mass is 19.4. The zero-order valence-corrected chi connectivity index (χ0v) is 13.4. The van der Waals surface area contributed by atoms with Crippen molar-refractivity contribution in [2.45, 2.75) is 39.0 Å². The highest BCUT2D eigenvalue weighted by Gasteiger charge is 2.32. The van der Waals surface area contributed by atoms with E-state index in [0.717, 1.165) is 17.0 Å². The summed E-state index contributed by atoms with van der Waals surface area (Å²) >= 11 is 0. The second-order valence-electron chi connectivity index (χ2n) is 5.81. The number of aromatic nitrogens is 4. The van der Waals surface area contributed by atoms with Gasteiger partial charge in [0, 0.05) is 17.8 Å². The first kappa shape index (κ1) is 16.9. The van der Waals surface area contributed by atoms with Crippen molar-refractivity contribution in [3.8, 4) is 0 Å². The van der Waals surface area contributed by atoms with Gasteiger partial charge in [0.2, 0.25) is 5.89 Å². The van der Waals surface area contributed by atoms with E-state index in [-0.39, 0.29) is 24.3 Å². The third-order valence-electron chi connectivity index (χ3n) is 3.96. The molecule has 1 N–H and O–H groups in total. The monoisotopic (exact) mass is 345 g/mol. The van der Waals surface area contributed by atoms with Crippen LogP contribution in [0.5, 0.6) is 0 Å². The van der Waals surface area contributed by atoms with Crippen molar-refractivity contribution < 1.29 is 22.4 Å². The number of H-pyrrole nitrogens is 1. The van der Waals surface area contributed by atoms with Crippen LogP contribution in [0.15, 0.2) is 4.52 Å². The van der Waals surface area contributed by atoms with Crippen LogP contribution in [-0.4, -0.2) is 51.2 Å². The van der Waals surface area contributed by atoms with Gasteiger partial charge < -0.3 is 9.26 Å². The van der Waals surface area contributed by atoms with E-state index in [1.165, 1.54) is 0 Å². The fourth-order valence-electron chi connectivity index (χ4n) is 2.92. The van der Waals surface area contributed by atoms with Gasteiger partial charge in [0.25, 0.3) is 0 Å². The molecule has 24 heavy (non-hydrogen) atoms. The molecule has 0 amide bonds. The number of aryl methyl sites for hydroxylation is 2. The molecular formula is C14H18F3N5O2. The molecule has 1 aliphatic heterocycles. The van der Waals surface area contributed by atoms with Crippen LogP contribution < -0.4 is 0 Å². The number of rotatable bonds is 4. The molecule has 2 aromatic heterocycles. The quantitative estimate of drug-likeness (QED) is 0.914. The predicted octanol–water partition coefficient (Wildman–Crippen LogP) is 2.09. The Morgan fingerprint density at radius 1 is 1.33 bits per heavy atom. The summed E-state index contributed by atoms with van der Waals surface area (Å²) in [4.78, 5) is 5.90. The van der Waals surface area contributed by atoms with Crippen molar-refractivity contribution in [1.29, 1.82) is 0 Å². The topological polar surface area (TPSA) is 80.1 Å². The van der Waals surface area contributed by atoms with E-state index in [1.54, 1.807) is 0 Å². The Morgan fingerprint density at radius 3 is 2.79 bits per heavy atom. The largest absolute Gasteiger partial charge is 0.396 e. The minimum absolute atomic E-state index is 0.0598. The van der Waals surface area contributed by atoms with Crippen molar-refractivity contribution in [2.24, 2.45) is 0 Å². The molecule has 132 valence electrons. The fraction of sp³-hybridized carbons (Fsp3) is 0.643. The van der Waals surface area contributed by atoms with Crippen molar-refractivity contribution in [3.05, 3.63) is 28.7 Å². The van der Waals surface area contributed by atoms with Crippen LogP contribution in [0, 0.1) is 13.8 Å². The second kappa shape index (κ2) is 6.52. The van der Waals surface area contributed by atoms with Crippen molar-refractivity contribution >= 4 is 0 Å². The van der Waals surface area contributed by atoms with Crippen molar-refractivity contribution in [2.75, 3.05) is 19.8 Å². The fourth-order valence-corrected chi connectivity index (χ4v) is 2.92. The van der Waals surface area contributed by atoms with Gasteiger partial charge in [-0.2, -0.15) is 23.3 Å². The molecule has 1 fully saturated rings. The lowest BCUT2D eigenvalue weighted by Gasteiger charge is -2.34. The van der Waals surface area contributed by atoms with Crippen LogP contribution in [0.1, 0.15) is 34.7 Å². The van der Waals surface area contributed by atoms with Gasteiger partial charge in [-0.05, 0) is 13.8 Å². The second-order valence-corrected chi connectivity index (χ2v) is 5.81. The number of nitrogens with zero attached hydrogens (tertiary/aromatic N) is 4. The zero-order chi connectivity index (χ0) is 17.3. The summed E-state index contributed by atoms with van der Waals surface area (Å²) in [5.41, 5.74) is 2.84. The third-order valence-corrected chi connectivity index (χ3v) is 3.96. The summed E-state index contributed by atoms with van der Waals surface area (Å²) < 4.78 is 47.7. The number of halogens is 3. The van der Waals surface area contributed by atoms with Gasteiger partial charge in [-0.1, -0.05) is 5.16 Å². The molecule has 2 aromatic rings. The Kier molecular flexibility index (Phi) is 4.59. The lowest BCUT2D eigenvalue weighted by Crippen LogP contribution is -2.39. The molecule has 0 bridgehead atoms. The number of alkyl halides is 3. The van der Waals surface area contributed by atoms with Gasteiger partial charge in [-0.3, -0.25) is 10.00 Å². The van der Waals surface area contributed by atoms with Crippen LogP contribution in [0.3, 0.4) is 0 Å². The molecule has 0 radical (unpaired) electrons. The van der Waals surface area contributed by atoms with E-state index in [1.807, 2.05) is 13.8 Å². The summed E-state index contributed by atoms with van der Waals surface area (Å²) in [5.74, 6) is -0.182. The summed E-state index contributed by atoms with van der Waals surface area (Å²) in [6, 6.07) is -0.0598. The Hall–Kier alpha value is -1.94. The molecule has 3 rings (SSSR count). The normalized spacial score (nSPS) is 19.8. The maximum absolute atomic E-state index is 12.4. The minimum atomic E-state index is -4.35. The summed E-state index contributed by atoms with van der Waals surface area (Å²) in [6.45, 7) is 5.73. The average Bonchev–Trinajstić information content (AvgIpc) is 3.05. The first-order valence-electron chi connectivity index (χ1n) is 7.55. The minimum Gasteiger partial charge on any atom is -0.378 e. The molecule has 1 atom stereocenters. The average molecular weight is 345 g/mol. The van der Waals surface area contributed by atoms with Gasteiger partial charge in [-0.15, -0.1) is 0 Å². The molecule has 0 spiro atoms. The van der Waals surface area contributed by atoms with E-state index in [4.69, 9.17) is 9.26 Å². The van der Waals surface area contributed by atoms with Crippen LogP contribution in [-0.2, 0) is 17.7 Å². The molecule has 0 saturated carbocycles. The lowest BCUT2D eigenvalue weighted by atomic mass is 10.0. The number of hydrogen-bond acceptors (Lipinski definition) is 6. The highest BCUT2D eigenvalue weighted by Crippen LogP contribution is 2.29. The number of hydrogen-bond donors (Lipinski definition) is 1. The molecule has 1 saturated heterocycles. The molecule has 0 aromatic carbocycles. The van der Waals surface area contributed by atoms with E-state index >= 15 is 0 Å². The summed E-state index contributed by atoms with van der Waals surface area (Å²) in [7, 11) is 0. The first-order chi connectivity index (χ1) is 11.3. The molecule has 3 heterocycles. The highest BCUT2D eigenvalue weighted by molar-refractivity contribution is 5.27. The predicted molar refractivity (Wildman–Crippen MR) is 76.1 cm³/mol. The third kappa shape index (κ3) is 3.75. The Labute approximate surface area is 136 Å². The molecular weight excluding hydrogens is 327 g/mol. The Balaban J connectivity index is 1.75. The number of nitrogens with one attached hydrogen (secondary N) is 1. The molecule has 0 aliphatic carbocycles. The van der Waals surface area contributed by atoms with E-state index in [2.05, 4.69) is 25.2 Å². The molecule has 1 aliphatic rings. The van der Waals surface area contributed by atoms with Gasteiger partial charge in [0.15, 0.2) is 5.82 Å². The number of morpholine rings is 1. The number of aromatic amines is 1. The van der Waals surface area contributed by atoms with Gasteiger partial charge in [0.05, 0.1) is 31.5 Å². The van der Waals surface area contributed by atoms with Crippen molar-refractivity contribution in [1.82, 2.24) is 25.2 Å². The molecule has 10 heteroatoms. The lowest BCUT2D eigenvalue weighted by molar-refractivity contribution is -0.128. The summed E-state index contributed by atoms with van der Waals surface area (Å²) in [5, 5.41) is 10.5. The van der Waals surface area contributed by atoms with Gasteiger partial charge >= 0.3 is 6.18 Å². The van der Waals surface area contributed by atoms with Crippen LogP contribution in [0.25, 0.3) is 0 Å². The van der Waals surface area contributed by atoms with Crippen LogP contribution >= 0.6 is 0 Å². The molecule has 7 nitrogen and oxygen atoms in total. The smallest absolute Gasteiger partial charge is 0.378 e. The maximum atomic E-state index is 12.4. The van der Waals surface area contributed by atoms with E-state index < -0.39 is 12.6 Å². The Morgan fingerprint density at radius 2 is 2.12 bits per heavy atom. The van der Waals surface area contributed by atoms with Crippen LogP contribution in [0.2, 0.25) is 0 Å². The summed E-state index contributed by atoms with van der Waals surface area (Å²) in [6.07, 6.45) is -5.54. The zero-order valence-electron chi connectivity index (χ0n) is 13.4. The number of ether oxygens (including phenoxy) is 1. The van der Waals surface area contributed by atoms with Crippen molar-refractivity contribution in [3.63, 3.8) is 0 Å². The van der Waals surface area contributed by atoms with E-state index in [0.29, 0.717) is 19.8 Å². The van der Waals surface area contributed by atoms with E-state index in [9.17, 15) is 13.2 Å². The van der Waals surface area contributed by atoms with Gasteiger partial charge in [-0.25, -0.2) is 0 Å². The Bertz CT molecular complexity index is 677. The molecule has 1 unspecified atom stereocenters. The maximum Gasteiger partial charge on any atom is 0.396 e. The first-order valence-corrected chi connectivity index (χ1v) is 7.55. The SMILES string of the molecule is Cc1n[nH]c(C)c1C1COCCN1Cc1nc(CC(F)(F)F)no1.